The van der Waals surface area contributed by atoms with Crippen LogP contribution in [0, 0.1) is 5.82 Å². The molecule has 0 saturated carbocycles. The average Bonchev–Trinajstić information content (AvgIpc) is 3.47. The molecule has 5 aromatic heterocycles. The Hall–Kier alpha value is -4.59. The first-order valence-corrected chi connectivity index (χ1v) is 10.8. The van der Waals surface area contributed by atoms with Crippen LogP contribution in [0.1, 0.15) is 0 Å². The number of hydrogen-bond donors (Lipinski definition) is 2. The van der Waals surface area contributed by atoms with Crippen LogP contribution in [0.3, 0.4) is 0 Å². The minimum atomic E-state index is -0.296. The van der Waals surface area contributed by atoms with Crippen LogP contribution in [-0.2, 0) is 0 Å². The van der Waals surface area contributed by atoms with Gasteiger partial charge in [-0.05, 0) is 42.5 Å². The van der Waals surface area contributed by atoms with Gasteiger partial charge < -0.3 is 9.88 Å². The van der Waals surface area contributed by atoms with Crippen LogP contribution in [0.15, 0.2) is 73.2 Å². The molecule has 6 rings (SSSR count). The van der Waals surface area contributed by atoms with Gasteiger partial charge in [0.15, 0.2) is 0 Å². The summed E-state index contributed by atoms with van der Waals surface area (Å²) in [5.74, 6) is -0.296. The minimum Gasteiger partial charge on any atom is -0.376 e. The van der Waals surface area contributed by atoms with E-state index in [9.17, 15) is 4.39 Å². The minimum absolute atomic E-state index is 0.296. The Morgan fingerprint density at radius 1 is 0.882 bits per heavy atom. The highest BCUT2D eigenvalue weighted by Crippen LogP contribution is 2.33. The summed E-state index contributed by atoms with van der Waals surface area (Å²) in [7, 11) is 3.96. The van der Waals surface area contributed by atoms with Crippen molar-refractivity contribution in [1.82, 2.24) is 30.1 Å². The number of anilines is 1. The van der Waals surface area contributed by atoms with Crippen molar-refractivity contribution < 1.29 is 4.39 Å². The number of pyridine rings is 3. The Kier molecular flexibility index (Phi) is 4.58. The van der Waals surface area contributed by atoms with Crippen molar-refractivity contribution in [1.29, 1.82) is 0 Å². The Labute approximate surface area is 194 Å². The van der Waals surface area contributed by atoms with Gasteiger partial charge in [-0.1, -0.05) is 12.1 Å². The first-order chi connectivity index (χ1) is 16.6. The summed E-state index contributed by atoms with van der Waals surface area (Å²) in [5, 5.41) is 8.49. The van der Waals surface area contributed by atoms with Gasteiger partial charge in [-0.15, -0.1) is 0 Å². The zero-order valence-electron chi connectivity index (χ0n) is 18.5. The van der Waals surface area contributed by atoms with E-state index >= 15 is 0 Å². The maximum Gasteiger partial charge on any atom is 0.135 e. The van der Waals surface area contributed by atoms with Crippen molar-refractivity contribution >= 4 is 27.6 Å². The van der Waals surface area contributed by atoms with Gasteiger partial charge in [0.1, 0.15) is 17.0 Å². The van der Waals surface area contributed by atoms with E-state index < -0.39 is 0 Å². The van der Waals surface area contributed by atoms with E-state index in [4.69, 9.17) is 4.98 Å². The Morgan fingerprint density at radius 3 is 2.65 bits per heavy atom. The van der Waals surface area contributed by atoms with Crippen molar-refractivity contribution in [3.63, 3.8) is 0 Å². The fourth-order valence-corrected chi connectivity index (χ4v) is 4.11. The number of halogens is 1. The Morgan fingerprint density at radius 2 is 1.79 bits per heavy atom. The number of nitrogens with zero attached hydrogens (tertiary/aromatic N) is 5. The summed E-state index contributed by atoms with van der Waals surface area (Å²) in [6.07, 6.45) is 5.34. The Bertz CT molecular complexity index is 1670. The van der Waals surface area contributed by atoms with Crippen molar-refractivity contribution in [2.75, 3.05) is 19.0 Å². The van der Waals surface area contributed by atoms with E-state index in [1.165, 1.54) is 12.1 Å². The summed E-state index contributed by atoms with van der Waals surface area (Å²) in [5.41, 5.74) is 8.14. The first-order valence-electron chi connectivity index (χ1n) is 10.8. The third kappa shape index (κ3) is 3.36. The molecule has 8 heteroatoms. The van der Waals surface area contributed by atoms with Gasteiger partial charge in [0.05, 0.1) is 34.5 Å². The molecule has 0 atom stereocenters. The average molecular weight is 449 g/mol. The molecule has 0 saturated heterocycles. The number of aromatic nitrogens is 6. The monoisotopic (exact) mass is 449 g/mol. The zero-order chi connectivity index (χ0) is 23.2. The lowest BCUT2D eigenvalue weighted by Crippen LogP contribution is -2.08. The standard InChI is InChI=1S/C26H20FN7/c1-34(2)18-11-16(13-28-14-18)20-6-7-22-25(31-20)26(33-32-22)23-12-19-21(30-23)8-9-29-24(19)15-4-3-5-17(27)10-15/h3-14,30H,1-2H3,(H,32,33). The number of benzene rings is 1. The summed E-state index contributed by atoms with van der Waals surface area (Å²) < 4.78 is 13.8. The summed E-state index contributed by atoms with van der Waals surface area (Å²) in [6.45, 7) is 0. The summed E-state index contributed by atoms with van der Waals surface area (Å²) in [4.78, 5) is 19.2. The molecule has 0 spiro atoms. The smallest absolute Gasteiger partial charge is 0.135 e. The van der Waals surface area contributed by atoms with Gasteiger partial charge in [0.25, 0.3) is 0 Å². The van der Waals surface area contributed by atoms with E-state index in [0.717, 1.165) is 50.1 Å². The number of fused-ring (bicyclic) bond motifs is 2. The van der Waals surface area contributed by atoms with Crippen LogP contribution >= 0.6 is 0 Å². The van der Waals surface area contributed by atoms with Gasteiger partial charge in [0.2, 0.25) is 0 Å². The number of rotatable bonds is 4. The normalized spacial score (nSPS) is 11.4. The predicted molar refractivity (Wildman–Crippen MR) is 132 cm³/mol. The molecule has 0 aliphatic heterocycles. The van der Waals surface area contributed by atoms with Crippen LogP contribution in [0.4, 0.5) is 10.1 Å². The molecule has 0 radical (unpaired) electrons. The largest absolute Gasteiger partial charge is 0.376 e. The topological polar surface area (TPSA) is 86.4 Å². The van der Waals surface area contributed by atoms with E-state index in [1.807, 2.05) is 55.5 Å². The quantitative estimate of drug-likeness (QED) is 0.375. The second kappa shape index (κ2) is 7.77. The molecule has 5 heterocycles. The van der Waals surface area contributed by atoms with E-state index in [1.54, 1.807) is 18.5 Å². The number of hydrogen-bond acceptors (Lipinski definition) is 5. The zero-order valence-corrected chi connectivity index (χ0v) is 18.5. The van der Waals surface area contributed by atoms with Gasteiger partial charge in [-0.3, -0.25) is 15.1 Å². The molecule has 0 fully saturated rings. The number of H-pyrrole nitrogens is 2. The van der Waals surface area contributed by atoms with Gasteiger partial charge in [-0.25, -0.2) is 9.37 Å². The van der Waals surface area contributed by atoms with Crippen molar-refractivity contribution in [3.8, 4) is 33.9 Å². The third-order valence-electron chi connectivity index (χ3n) is 5.84. The van der Waals surface area contributed by atoms with Crippen molar-refractivity contribution in [2.45, 2.75) is 0 Å². The highest BCUT2D eigenvalue weighted by atomic mass is 19.1. The highest BCUT2D eigenvalue weighted by molar-refractivity contribution is 5.99. The lowest BCUT2D eigenvalue weighted by molar-refractivity contribution is 0.628. The highest BCUT2D eigenvalue weighted by Gasteiger charge is 2.16. The van der Waals surface area contributed by atoms with Gasteiger partial charge in [0, 0.05) is 48.5 Å². The maximum atomic E-state index is 13.8. The third-order valence-corrected chi connectivity index (χ3v) is 5.84. The van der Waals surface area contributed by atoms with E-state index in [2.05, 4.69) is 31.2 Å². The van der Waals surface area contributed by atoms with Crippen LogP contribution in [0.25, 0.3) is 55.8 Å². The van der Waals surface area contributed by atoms with E-state index in [0.29, 0.717) is 11.4 Å². The second-order valence-corrected chi connectivity index (χ2v) is 8.31. The van der Waals surface area contributed by atoms with Gasteiger partial charge in [-0.2, -0.15) is 5.10 Å². The number of nitrogens with one attached hydrogen (secondary N) is 2. The fraction of sp³-hybridized carbons (Fsp3) is 0.0769. The van der Waals surface area contributed by atoms with Crippen LogP contribution in [-0.4, -0.2) is 44.2 Å². The number of aromatic amines is 2. The van der Waals surface area contributed by atoms with Crippen LogP contribution in [0.2, 0.25) is 0 Å². The van der Waals surface area contributed by atoms with Crippen LogP contribution < -0.4 is 4.90 Å². The Balaban J connectivity index is 1.48. The maximum absolute atomic E-state index is 13.8. The molecule has 0 amide bonds. The predicted octanol–water partition coefficient (Wildman–Crippen LogP) is 5.44. The molecule has 0 aliphatic carbocycles. The first kappa shape index (κ1) is 20.0. The molecule has 0 bridgehead atoms. The molecule has 2 N–H and O–H groups in total. The molecule has 1 aromatic carbocycles. The molecule has 6 aromatic rings. The second-order valence-electron chi connectivity index (χ2n) is 8.31. The van der Waals surface area contributed by atoms with E-state index in [-0.39, 0.29) is 5.82 Å². The molecule has 7 nitrogen and oxygen atoms in total. The molecule has 0 aliphatic rings. The molecule has 0 unspecified atom stereocenters. The molecular weight excluding hydrogens is 429 g/mol. The van der Waals surface area contributed by atoms with Crippen molar-refractivity contribution in [3.05, 3.63) is 79.0 Å². The summed E-state index contributed by atoms with van der Waals surface area (Å²) >= 11 is 0. The molecule has 166 valence electrons. The van der Waals surface area contributed by atoms with Gasteiger partial charge >= 0.3 is 0 Å². The van der Waals surface area contributed by atoms with Crippen LogP contribution in [0.5, 0.6) is 0 Å². The summed E-state index contributed by atoms with van der Waals surface area (Å²) in [6, 6.07) is 16.3. The lowest BCUT2D eigenvalue weighted by atomic mass is 10.1. The molecule has 34 heavy (non-hydrogen) atoms. The SMILES string of the molecule is CN(C)c1cncc(-c2ccc3[nH]nc(-c4cc5c(-c6cccc(F)c6)nccc5[nH]4)c3n2)c1. The fourth-order valence-electron chi connectivity index (χ4n) is 4.11. The lowest BCUT2D eigenvalue weighted by Gasteiger charge is -2.12. The molecular formula is C26H20FN7. The van der Waals surface area contributed by atoms with Crippen molar-refractivity contribution in [2.24, 2.45) is 0 Å².